The van der Waals surface area contributed by atoms with E-state index in [0.29, 0.717) is 29.8 Å². The number of nitrogens with zero attached hydrogens (tertiary/aromatic N) is 2. The van der Waals surface area contributed by atoms with Crippen molar-refractivity contribution < 1.29 is 8.42 Å². The van der Waals surface area contributed by atoms with E-state index in [1.54, 1.807) is 30.5 Å². The molecule has 3 aromatic rings. The van der Waals surface area contributed by atoms with Crippen molar-refractivity contribution in [3.63, 3.8) is 0 Å². The first-order valence-electron chi connectivity index (χ1n) is 8.66. The molecule has 0 amide bonds. The van der Waals surface area contributed by atoms with Crippen LogP contribution in [-0.2, 0) is 29.3 Å². The third kappa shape index (κ3) is 3.72. The molecule has 0 radical (unpaired) electrons. The van der Waals surface area contributed by atoms with E-state index in [1.165, 1.54) is 11.3 Å². The van der Waals surface area contributed by atoms with E-state index in [4.69, 9.17) is 12.2 Å². The predicted octanol–water partition coefficient (Wildman–Crippen LogP) is 2.59. The molecule has 2 aromatic heterocycles. The van der Waals surface area contributed by atoms with Crippen LogP contribution in [0.4, 0.5) is 0 Å². The van der Waals surface area contributed by atoms with Crippen LogP contribution in [0.1, 0.15) is 21.7 Å². The van der Waals surface area contributed by atoms with Crippen molar-refractivity contribution in [1.29, 1.82) is 0 Å². The number of aromatic nitrogens is 3. The molecule has 1 aliphatic heterocycles. The summed E-state index contributed by atoms with van der Waals surface area (Å²) in [7, 11) is -3.62. The van der Waals surface area contributed by atoms with Crippen molar-refractivity contribution in [2.75, 3.05) is 6.54 Å². The fourth-order valence-corrected chi connectivity index (χ4v) is 6.01. The first-order valence-corrected chi connectivity index (χ1v) is 11.4. The number of H-pyrrole nitrogens is 2. The highest BCUT2D eigenvalue weighted by molar-refractivity contribution is 7.93. The van der Waals surface area contributed by atoms with Gasteiger partial charge in [0.1, 0.15) is 0 Å². The van der Waals surface area contributed by atoms with Crippen LogP contribution < -0.4 is 5.56 Å². The van der Waals surface area contributed by atoms with E-state index in [1.807, 2.05) is 6.92 Å². The number of fused-ring (bicyclic) bond motifs is 1. The van der Waals surface area contributed by atoms with Crippen molar-refractivity contribution in [3.8, 4) is 0 Å². The lowest BCUT2D eigenvalue weighted by atomic mass is 10.1. The van der Waals surface area contributed by atoms with Crippen LogP contribution in [0.15, 0.2) is 44.5 Å². The summed E-state index contributed by atoms with van der Waals surface area (Å²) < 4.78 is 26.0. The zero-order chi connectivity index (χ0) is 19.9. The first kappa shape index (κ1) is 19.2. The molecule has 0 aliphatic carbocycles. The summed E-state index contributed by atoms with van der Waals surface area (Å²) in [6.07, 6.45) is 2.29. The van der Waals surface area contributed by atoms with Gasteiger partial charge in [-0.2, -0.15) is 0 Å². The largest absolute Gasteiger partial charge is 0.335 e. The van der Waals surface area contributed by atoms with E-state index < -0.39 is 9.84 Å². The number of sulfone groups is 1. The number of hydrogen-bond donors (Lipinski definition) is 2. The number of benzene rings is 1. The van der Waals surface area contributed by atoms with Gasteiger partial charge in [-0.3, -0.25) is 14.7 Å². The molecule has 4 rings (SSSR count). The van der Waals surface area contributed by atoms with Gasteiger partial charge < -0.3 is 4.98 Å². The lowest BCUT2D eigenvalue weighted by molar-refractivity contribution is 0.243. The molecule has 3 heterocycles. The van der Waals surface area contributed by atoms with Gasteiger partial charge >= 0.3 is 0 Å². The average molecular weight is 435 g/mol. The number of thiazole rings is 1. The van der Waals surface area contributed by atoms with Gasteiger partial charge in [-0.1, -0.05) is 17.7 Å². The van der Waals surface area contributed by atoms with Crippen LogP contribution in [0.2, 0.25) is 0 Å². The number of aromatic amines is 2. The van der Waals surface area contributed by atoms with Crippen LogP contribution in [-0.4, -0.2) is 34.8 Å². The summed E-state index contributed by atoms with van der Waals surface area (Å²) in [6.45, 7) is 3.68. The maximum atomic E-state index is 12.8. The predicted molar refractivity (Wildman–Crippen MR) is 109 cm³/mol. The second-order valence-electron chi connectivity index (χ2n) is 6.73. The molecule has 0 unspecified atom stereocenters. The molecule has 0 bridgehead atoms. The van der Waals surface area contributed by atoms with Gasteiger partial charge in [0, 0.05) is 42.8 Å². The molecule has 10 heteroatoms. The van der Waals surface area contributed by atoms with Gasteiger partial charge in [0.2, 0.25) is 14.2 Å². The fraction of sp³-hybridized carbons (Fsp3) is 0.278. The maximum absolute atomic E-state index is 12.8. The second kappa shape index (κ2) is 7.36. The van der Waals surface area contributed by atoms with Gasteiger partial charge in [0.15, 0.2) is 4.77 Å². The number of rotatable bonds is 4. The highest BCUT2D eigenvalue weighted by Crippen LogP contribution is 2.27. The Morgan fingerprint density at radius 2 is 2.00 bits per heavy atom. The quantitative estimate of drug-likeness (QED) is 0.613. The standard InChI is InChI=1S/C18H18N4O3S3/c1-11-2-4-13(5-3-11)28(24,25)18-19-8-12(27-18)9-22-7-6-15-14(10-22)16(23)21-17(26)20-15/h2-5,8H,6-7,9-10H2,1H3,(H2,20,21,23,26). The maximum Gasteiger partial charge on any atom is 0.256 e. The molecule has 0 saturated heterocycles. The van der Waals surface area contributed by atoms with E-state index in [0.717, 1.165) is 22.7 Å². The Hall–Kier alpha value is -2.14. The minimum atomic E-state index is -3.62. The molecular weight excluding hydrogens is 416 g/mol. The Labute approximate surface area is 171 Å². The van der Waals surface area contributed by atoms with Crippen LogP contribution in [0.3, 0.4) is 0 Å². The molecule has 0 atom stereocenters. The van der Waals surface area contributed by atoms with Crippen LogP contribution in [0.5, 0.6) is 0 Å². The Balaban J connectivity index is 1.53. The molecule has 1 aromatic carbocycles. The molecule has 0 saturated carbocycles. The Kier molecular flexibility index (Phi) is 5.04. The lowest BCUT2D eigenvalue weighted by Gasteiger charge is -2.27. The van der Waals surface area contributed by atoms with E-state index in [2.05, 4.69) is 19.9 Å². The van der Waals surface area contributed by atoms with Gasteiger partial charge in [-0.25, -0.2) is 13.4 Å². The van der Waals surface area contributed by atoms with Crippen molar-refractivity contribution in [1.82, 2.24) is 19.9 Å². The van der Waals surface area contributed by atoms with Crippen molar-refractivity contribution >= 4 is 33.4 Å². The van der Waals surface area contributed by atoms with Gasteiger partial charge in [-0.05, 0) is 31.3 Å². The van der Waals surface area contributed by atoms with Gasteiger partial charge in [0.25, 0.3) is 5.56 Å². The van der Waals surface area contributed by atoms with Gasteiger partial charge in [-0.15, -0.1) is 11.3 Å². The van der Waals surface area contributed by atoms with Crippen LogP contribution in [0, 0.1) is 11.7 Å². The fourth-order valence-electron chi connectivity index (χ4n) is 3.17. The lowest BCUT2D eigenvalue weighted by Crippen LogP contribution is -2.35. The smallest absolute Gasteiger partial charge is 0.256 e. The molecule has 2 N–H and O–H groups in total. The highest BCUT2D eigenvalue weighted by Gasteiger charge is 2.24. The molecule has 7 nitrogen and oxygen atoms in total. The SMILES string of the molecule is Cc1ccc(S(=O)(=O)c2ncc(CN3CCc4[nH]c(=S)[nH]c(=O)c4C3)s2)cc1. The Morgan fingerprint density at radius 1 is 1.25 bits per heavy atom. The van der Waals surface area contributed by atoms with E-state index in [9.17, 15) is 13.2 Å². The first-order chi connectivity index (χ1) is 13.3. The normalized spacial score (nSPS) is 14.8. The van der Waals surface area contributed by atoms with Gasteiger partial charge in [0.05, 0.1) is 10.5 Å². The third-order valence-electron chi connectivity index (χ3n) is 4.66. The van der Waals surface area contributed by atoms with E-state index in [-0.39, 0.29) is 14.8 Å². The van der Waals surface area contributed by atoms with Crippen LogP contribution in [0.25, 0.3) is 0 Å². The minimum absolute atomic E-state index is 0.0886. The molecule has 1 aliphatic rings. The highest BCUT2D eigenvalue weighted by atomic mass is 32.2. The molecular formula is C18H18N4O3S3. The summed E-state index contributed by atoms with van der Waals surface area (Å²) in [5.41, 5.74) is 2.38. The summed E-state index contributed by atoms with van der Waals surface area (Å²) in [5, 5.41) is 0. The summed E-state index contributed by atoms with van der Waals surface area (Å²) in [4.78, 5) is 25.1. The Morgan fingerprint density at radius 3 is 2.75 bits per heavy atom. The topological polar surface area (TPSA) is 98.9 Å². The van der Waals surface area contributed by atoms with Crippen molar-refractivity contribution in [3.05, 3.63) is 67.3 Å². The Bertz CT molecular complexity index is 1240. The number of nitrogens with one attached hydrogen (secondary N) is 2. The monoisotopic (exact) mass is 434 g/mol. The van der Waals surface area contributed by atoms with Crippen molar-refractivity contribution in [2.24, 2.45) is 0 Å². The zero-order valence-electron chi connectivity index (χ0n) is 15.1. The van der Waals surface area contributed by atoms with Crippen molar-refractivity contribution in [2.45, 2.75) is 35.7 Å². The average Bonchev–Trinajstić information content (AvgIpc) is 3.12. The van der Waals surface area contributed by atoms with Crippen LogP contribution >= 0.6 is 23.6 Å². The molecule has 28 heavy (non-hydrogen) atoms. The minimum Gasteiger partial charge on any atom is -0.335 e. The number of aryl methyl sites for hydroxylation is 1. The summed E-state index contributed by atoms with van der Waals surface area (Å²) in [6, 6.07) is 6.75. The summed E-state index contributed by atoms with van der Waals surface area (Å²) >= 11 is 6.19. The molecule has 0 fully saturated rings. The second-order valence-corrected chi connectivity index (χ2v) is 10.4. The zero-order valence-corrected chi connectivity index (χ0v) is 17.5. The third-order valence-corrected chi connectivity index (χ3v) is 8.01. The molecule has 0 spiro atoms. The molecule has 146 valence electrons. The summed E-state index contributed by atoms with van der Waals surface area (Å²) in [5.74, 6) is 0. The number of hydrogen-bond acceptors (Lipinski definition) is 7. The van der Waals surface area contributed by atoms with E-state index >= 15 is 0 Å².